The van der Waals surface area contributed by atoms with Crippen LogP contribution in [0.15, 0.2) is 28.9 Å². The van der Waals surface area contributed by atoms with Crippen LogP contribution in [0.3, 0.4) is 0 Å². The van der Waals surface area contributed by atoms with E-state index < -0.39 is 0 Å². The van der Waals surface area contributed by atoms with Crippen molar-refractivity contribution in [1.82, 2.24) is 5.32 Å². The maximum Gasteiger partial charge on any atom is 0.0992 e. The molecule has 110 valence electrons. The molecule has 0 spiro atoms. The van der Waals surface area contributed by atoms with Gasteiger partial charge in [0, 0.05) is 19.5 Å². The fourth-order valence-corrected chi connectivity index (χ4v) is 3.57. The molecule has 21 heavy (non-hydrogen) atoms. The van der Waals surface area contributed by atoms with Crippen LogP contribution in [-0.2, 0) is 0 Å². The van der Waals surface area contributed by atoms with Crippen LogP contribution in [0.25, 0.3) is 6.08 Å². The normalized spacial score (nSPS) is 27.0. The highest BCUT2D eigenvalue weighted by Gasteiger charge is 2.21. The van der Waals surface area contributed by atoms with Crippen molar-refractivity contribution in [1.29, 1.82) is 0 Å². The second-order valence-electron chi connectivity index (χ2n) is 6.34. The molecule has 1 fully saturated rings. The summed E-state index contributed by atoms with van der Waals surface area (Å²) in [6, 6.07) is 5.19. The number of fused-ring (bicyclic) bond motifs is 1. The number of rotatable bonds is 3. The predicted octanol–water partition coefficient (Wildman–Crippen LogP) is -0.561. The molecule has 0 aliphatic carbocycles. The Morgan fingerprint density at radius 1 is 1.38 bits per heavy atom. The molecule has 3 aliphatic heterocycles. The fourth-order valence-electron chi connectivity index (χ4n) is 3.57. The van der Waals surface area contributed by atoms with E-state index in [2.05, 4.69) is 52.2 Å². The summed E-state index contributed by atoms with van der Waals surface area (Å²) >= 11 is 0. The Balaban J connectivity index is 1.72. The third-order valence-electron chi connectivity index (χ3n) is 4.73. The van der Waals surface area contributed by atoms with E-state index in [0.29, 0.717) is 12.0 Å². The number of nitrogens with zero attached hydrogens (tertiary/aromatic N) is 1. The number of hydrogen-bond acceptors (Lipinski definition) is 3. The number of nitrogens with two attached hydrogens (primary N) is 1. The molecule has 4 N–H and O–H groups in total. The van der Waals surface area contributed by atoms with Crippen LogP contribution in [0, 0.1) is 0 Å². The van der Waals surface area contributed by atoms with Crippen LogP contribution < -0.4 is 26.5 Å². The second kappa shape index (κ2) is 5.28. The molecule has 3 aliphatic rings. The Morgan fingerprint density at radius 2 is 2.33 bits per heavy atom. The molecule has 4 heteroatoms. The number of allylic oxidation sites excluding steroid dienone is 1. The zero-order valence-corrected chi connectivity index (χ0v) is 12.5. The maximum atomic E-state index is 4.66. The van der Waals surface area contributed by atoms with E-state index in [1.807, 2.05) is 0 Å². The van der Waals surface area contributed by atoms with Crippen molar-refractivity contribution in [3.8, 4) is 0 Å². The molecule has 0 radical (unpaired) electrons. The molecule has 0 saturated carbocycles. The Morgan fingerprint density at radius 3 is 3.10 bits per heavy atom. The molecule has 4 rings (SSSR count). The van der Waals surface area contributed by atoms with Gasteiger partial charge in [-0.15, -0.1) is 0 Å². The monoisotopic (exact) mass is 283 g/mol. The van der Waals surface area contributed by atoms with Gasteiger partial charge in [-0.3, -0.25) is 4.99 Å². The van der Waals surface area contributed by atoms with E-state index in [0.717, 1.165) is 31.5 Å². The van der Waals surface area contributed by atoms with Gasteiger partial charge in [0.05, 0.1) is 35.7 Å². The summed E-state index contributed by atoms with van der Waals surface area (Å²) < 4.78 is 0. The van der Waals surface area contributed by atoms with Gasteiger partial charge in [-0.25, -0.2) is 0 Å². The summed E-state index contributed by atoms with van der Waals surface area (Å²) in [7, 11) is 0. The minimum atomic E-state index is 0.534. The van der Waals surface area contributed by atoms with Gasteiger partial charge in [0.25, 0.3) is 0 Å². The van der Waals surface area contributed by atoms with Gasteiger partial charge in [-0.2, -0.15) is 0 Å². The molecule has 1 saturated heterocycles. The van der Waals surface area contributed by atoms with Crippen molar-refractivity contribution in [2.45, 2.75) is 25.3 Å². The van der Waals surface area contributed by atoms with Crippen LogP contribution in [0.5, 0.6) is 0 Å². The fraction of sp³-hybridized carbons (Fsp3) is 0.471. The first-order valence-electron chi connectivity index (χ1n) is 7.97. The number of benzene rings is 1. The zero-order chi connectivity index (χ0) is 14.2. The first-order chi connectivity index (χ1) is 10.3. The van der Waals surface area contributed by atoms with E-state index in [1.54, 1.807) is 0 Å². The lowest BCUT2D eigenvalue weighted by Crippen LogP contribution is -2.79. The average Bonchev–Trinajstić information content (AvgIpc) is 3.18. The highest BCUT2D eigenvalue weighted by Crippen LogP contribution is 2.20. The number of quaternary nitrogens is 1. The first-order valence-corrected chi connectivity index (χ1v) is 7.97. The number of hydrogen-bond donors (Lipinski definition) is 3. The third-order valence-corrected chi connectivity index (χ3v) is 4.73. The molecule has 0 aromatic heterocycles. The van der Waals surface area contributed by atoms with Gasteiger partial charge in [-0.1, -0.05) is 6.08 Å². The highest BCUT2D eigenvalue weighted by atomic mass is 15.0. The Labute approximate surface area is 125 Å². The summed E-state index contributed by atoms with van der Waals surface area (Å²) in [6.07, 6.45) is 5.82. The van der Waals surface area contributed by atoms with E-state index >= 15 is 0 Å². The standard InChI is InChI=1S/C17H22N4/c1-11-6-14(9-20-11)13-7-12-2-5-19-17(12)16(8-13)21-15-3-4-18-10-15/h2,6-8,14-15,18,20-21H,3-5,9-10H2,1H3/p+1. The largest absolute Gasteiger partial charge is 0.379 e. The van der Waals surface area contributed by atoms with Gasteiger partial charge in [-0.05, 0) is 42.0 Å². The van der Waals surface area contributed by atoms with Gasteiger partial charge < -0.3 is 16.0 Å². The molecule has 0 bridgehead atoms. The summed E-state index contributed by atoms with van der Waals surface area (Å²) in [5.41, 5.74) is 4.05. The maximum absolute atomic E-state index is 4.66. The minimum Gasteiger partial charge on any atom is -0.379 e. The lowest BCUT2D eigenvalue weighted by molar-refractivity contribution is -0.598. The molecular formula is C17H23N4+. The summed E-state index contributed by atoms with van der Waals surface area (Å²) in [4.78, 5) is 4.66. The van der Waals surface area contributed by atoms with Gasteiger partial charge >= 0.3 is 0 Å². The van der Waals surface area contributed by atoms with E-state index in [4.69, 9.17) is 0 Å². The molecule has 3 heterocycles. The van der Waals surface area contributed by atoms with Crippen molar-refractivity contribution in [3.05, 3.63) is 40.0 Å². The highest BCUT2D eigenvalue weighted by molar-refractivity contribution is 5.52. The minimum absolute atomic E-state index is 0.534. The molecule has 1 aromatic rings. The van der Waals surface area contributed by atoms with Gasteiger partial charge in [0.15, 0.2) is 0 Å². The van der Waals surface area contributed by atoms with Gasteiger partial charge in [0.1, 0.15) is 0 Å². The number of anilines is 1. The SMILES string of the molecule is CC1=CC(c2cc(NC3CCNC3)c3c(c2)=CCN=3)C[NH2+]1. The van der Waals surface area contributed by atoms with Crippen LogP contribution in [-0.4, -0.2) is 32.2 Å². The summed E-state index contributed by atoms with van der Waals surface area (Å²) in [6.45, 7) is 6.31. The Bertz CT molecular complexity index is 698. The van der Waals surface area contributed by atoms with E-state index in [9.17, 15) is 0 Å². The van der Waals surface area contributed by atoms with Crippen molar-refractivity contribution >= 4 is 11.8 Å². The van der Waals surface area contributed by atoms with Crippen molar-refractivity contribution in [3.63, 3.8) is 0 Å². The summed E-state index contributed by atoms with van der Waals surface area (Å²) in [5, 5.41) is 11.9. The first kappa shape index (κ1) is 13.0. The van der Waals surface area contributed by atoms with Crippen LogP contribution in [0.2, 0.25) is 0 Å². The van der Waals surface area contributed by atoms with Crippen LogP contribution >= 0.6 is 0 Å². The second-order valence-corrected chi connectivity index (χ2v) is 6.34. The Kier molecular flexibility index (Phi) is 3.28. The third kappa shape index (κ3) is 2.49. The average molecular weight is 283 g/mol. The van der Waals surface area contributed by atoms with Crippen molar-refractivity contribution < 1.29 is 5.32 Å². The van der Waals surface area contributed by atoms with Crippen molar-refractivity contribution in [2.24, 2.45) is 4.99 Å². The quantitative estimate of drug-likeness (QED) is 0.696. The predicted molar refractivity (Wildman–Crippen MR) is 84.7 cm³/mol. The van der Waals surface area contributed by atoms with Crippen LogP contribution in [0.1, 0.15) is 24.8 Å². The molecule has 4 nitrogen and oxygen atoms in total. The lowest BCUT2D eigenvalue weighted by Gasteiger charge is -2.15. The topological polar surface area (TPSA) is 53.0 Å². The molecular weight excluding hydrogens is 260 g/mol. The van der Waals surface area contributed by atoms with Crippen molar-refractivity contribution in [2.75, 3.05) is 31.5 Å². The lowest BCUT2D eigenvalue weighted by atomic mass is 9.98. The van der Waals surface area contributed by atoms with Gasteiger partial charge in [0.2, 0.25) is 0 Å². The molecule has 2 atom stereocenters. The zero-order valence-electron chi connectivity index (χ0n) is 12.5. The summed E-state index contributed by atoms with van der Waals surface area (Å²) in [5.74, 6) is 0.534. The molecule has 1 aromatic carbocycles. The smallest absolute Gasteiger partial charge is 0.0992 e. The van der Waals surface area contributed by atoms with E-state index in [1.165, 1.54) is 28.6 Å². The molecule has 0 amide bonds. The van der Waals surface area contributed by atoms with Crippen LogP contribution in [0.4, 0.5) is 5.69 Å². The molecule has 2 unspecified atom stereocenters. The van der Waals surface area contributed by atoms with E-state index in [-0.39, 0.29) is 0 Å². The number of nitrogens with one attached hydrogen (secondary N) is 2. The Hall–Kier alpha value is -1.65.